The Morgan fingerprint density at radius 3 is 2.31 bits per heavy atom. The summed E-state index contributed by atoms with van der Waals surface area (Å²) in [5.74, 6) is -0.406. The molecule has 0 saturated carbocycles. The fourth-order valence-electron chi connectivity index (χ4n) is 3.30. The van der Waals surface area contributed by atoms with E-state index in [4.69, 9.17) is 0 Å². The predicted molar refractivity (Wildman–Crippen MR) is 110 cm³/mol. The second-order valence-corrected chi connectivity index (χ2v) is 7.29. The highest BCUT2D eigenvalue weighted by Gasteiger charge is 2.24. The number of anilines is 1. The third-order valence-electron chi connectivity index (χ3n) is 5.11. The zero-order valence-electron chi connectivity index (χ0n) is 16.7. The molecule has 0 bridgehead atoms. The number of aryl methyl sites for hydroxylation is 1. The quantitative estimate of drug-likeness (QED) is 0.700. The molecule has 1 N–H and O–H groups in total. The molecule has 1 aliphatic rings. The van der Waals surface area contributed by atoms with Gasteiger partial charge >= 0.3 is 0 Å². The second-order valence-electron chi connectivity index (χ2n) is 7.29. The summed E-state index contributed by atoms with van der Waals surface area (Å²) in [6, 6.07) is 12.5. The lowest BCUT2D eigenvalue weighted by Gasteiger charge is -2.10. The van der Waals surface area contributed by atoms with Crippen LogP contribution in [0.15, 0.2) is 42.5 Å². The number of likely N-dealkylation sites (N-methyl/N-ethyl adjacent to an activating group) is 1. The minimum absolute atomic E-state index is 0.0112. The standard InChI is InChI=1S/C23H24N2O4/c1-15-3-5-16(6-4-15)20(26)9-10-22(28)24-12-11-21(27)17-7-8-19-18(13-17)14-23(29)25(19)2/h3-8,13H,9-12,14H2,1-2H3,(H,24,28). The van der Waals surface area contributed by atoms with Crippen molar-refractivity contribution >= 4 is 29.1 Å². The highest BCUT2D eigenvalue weighted by atomic mass is 16.2. The Kier molecular flexibility index (Phi) is 6.22. The van der Waals surface area contributed by atoms with Gasteiger partial charge in [-0.1, -0.05) is 29.8 Å². The largest absolute Gasteiger partial charge is 0.356 e. The van der Waals surface area contributed by atoms with Crippen LogP contribution in [0.2, 0.25) is 0 Å². The van der Waals surface area contributed by atoms with Crippen molar-refractivity contribution in [2.24, 2.45) is 0 Å². The van der Waals surface area contributed by atoms with Crippen LogP contribution < -0.4 is 10.2 Å². The smallest absolute Gasteiger partial charge is 0.231 e. The van der Waals surface area contributed by atoms with E-state index in [1.807, 2.05) is 19.1 Å². The van der Waals surface area contributed by atoms with E-state index < -0.39 is 0 Å². The van der Waals surface area contributed by atoms with Crippen LogP contribution in [-0.2, 0) is 16.0 Å². The van der Waals surface area contributed by atoms with Gasteiger partial charge in [-0.15, -0.1) is 0 Å². The van der Waals surface area contributed by atoms with Crippen molar-refractivity contribution in [1.29, 1.82) is 0 Å². The van der Waals surface area contributed by atoms with Gasteiger partial charge in [-0.25, -0.2) is 0 Å². The first-order valence-corrected chi connectivity index (χ1v) is 9.64. The lowest BCUT2D eigenvalue weighted by atomic mass is 10.0. The Morgan fingerprint density at radius 2 is 1.59 bits per heavy atom. The molecule has 3 rings (SSSR count). The normalized spacial score (nSPS) is 12.6. The van der Waals surface area contributed by atoms with E-state index in [0.29, 0.717) is 17.5 Å². The third kappa shape index (κ3) is 4.96. The molecule has 0 radical (unpaired) electrons. The van der Waals surface area contributed by atoms with Gasteiger partial charge in [0.15, 0.2) is 11.6 Å². The minimum atomic E-state index is -0.251. The molecule has 0 aliphatic carbocycles. The summed E-state index contributed by atoms with van der Waals surface area (Å²) >= 11 is 0. The van der Waals surface area contributed by atoms with Crippen LogP contribution >= 0.6 is 0 Å². The number of carbonyl (C=O) groups is 4. The summed E-state index contributed by atoms with van der Waals surface area (Å²) in [6.07, 6.45) is 0.697. The fraction of sp³-hybridized carbons (Fsp3) is 0.304. The van der Waals surface area contributed by atoms with E-state index in [-0.39, 0.29) is 49.2 Å². The maximum absolute atomic E-state index is 12.4. The molecule has 1 heterocycles. The summed E-state index contributed by atoms with van der Waals surface area (Å²) in [4.78, 5) is 49.8. The van der Waals surface area contributed by atoms with E-state index in [2.05, 4.69) is 5.32 Å². The molecule has 0 aromatic heterocycles. The van der Waals surface area contributed by atoms with Crippen LogP contribution in [-0.4, -0.2) is 37.0 Å². The summed E-state index contributed by atoms with van der Waals surface area (Å²) in [5, 5.41) is 2.69. The van der Waals surface area contributed by atoms with Crippen molar-refractivity contribution in [1.82, 2.24) is 5.32 Å². The third-order valence-corrected chi connectivity index (χ3v) is 5.11. The zero-order chi connectivity index (χ0) is 21.0. The van der Waals surface area contributed by atoms with Crippen LogP contribution in [0.25, 0.3) is 0 Å². The lowest BCUT2D eigenvalue weighted by Crippen LogP contribution is -2.26. The topological polar surface area (TPSA) is 83.5 Å². The molecule has 2 aromatic rings. The van der Waals surface area contributed by atoms with Gasteiger partial charge in [-0.05, 0) is 30.7 Å². The monoisotopic (exact) mass is 392 g/mol. The van der Waals surface area contributed by atoms with E-state index in [1.165, 1.54) is 0 Å². The first-order chi connectivity index (χ1) is 13.8. The lowest BCUT2D eigenvalue weighted by molar-refractivity contribution is -0.121. The Hall–Kier alpha value is -3.28. The van der Waals surface area contributed by atoms with Crippen LogP contribution in [0.5, 0.6) is 0 Å². The number of rotatable bonds is 8. The van der Waals surface area contributed by atoms with E-state index in [1.54, 1.807) is 42.3 Å². The number of Topliss-reactive ketones (excluding diaryl/α,β-unsaturated/α-hetero) is 2. The Balaban J connectivity index is 1.43. The number of carbonyl (C=O) groups excluding carboxylic acids is 4. The van der Waals surface area contributed by atoms with E-state index >= 15 is 0 Å². The van der Waals surface area contributed by atoms with Gasteiger partial charge in [0.2, 0.25) is 11.8 Å². The second kappa shape index (κ2) is 8.82. The number of nitrogens with zero attached hydrogens (tertiary/aromatic N) is 1. The highest BCUT2D eigenvalue weighted by molar-refractivity contribution is 6.03. The summed E-state index contributed by atoms with van der Waals surface area (Å²) < 4.78 is 0. The van der Waals surface area contributed by atoms with Gasteiger partial charge in [-0.2, -0.15) is 0 Å². The molecule has 0 unspecified atom stereocenters. The number of fused-ring (bicyclic) bond motifs is 1. The molecule has 150 valence electrons. The number of benzene rings is 2. The first kappa shape index (κ1) is 20.5. The van der Waals surface area contributed by atoms with Gasteiger partial charge in [0, 0.05) is 49.7 Å². The van der Waals surface area contributed by atoms with Gasteiger partial charge in [0.1, 0.15) is 0 Å². The molecule has 0 atom stereocenters. The summed E-state index contributed by atoms with van der Waals surface area (Å²) in [6.45, 7) is 2.16. The van der Waals surface area contributed by atoms with Crippen LogP contribution in [0.3, 0.4) is 0 Å². The van der Waals surface area contributed by atoms with Gasteiger partial charge < -0.3 is 10.2 Å². The molecule has 0 saturated heterocycles. The number of amides is 2. The maximum Gasteiger partial charge on any atom is 0.231 e. The van der Waals surface area contributed by atoms with Crippen molar-refractivity contribution < 1.29 is 19.2 Å². The Labute approximate surface area is 169 Å². The van der Waals surface area contributed by atoms with Crippen molar-refractivity contribution in [3.8, 4) is 0 Å². The minimum Gasteiger partial charge on any atom is -0.356 e. The number of ketones is 2. The van der Waals surface area contributed by atoms with Crippen molar-refractivity contribution in [2.75, 3.05) is 18.5 Å². The number of hydrogen-bond acceptors (Lipinski definition) is 4. The molecule has 6 heteroatoms. The van der Waals surface area contributed by atoms with Crippen molar-refractivity contribution in [3.05, 3.63) is 64.7 Å². The van der Waals surface area contributed by atoms with Crippen LogP contribution in [0, 0.1) is 6.92 Å². The molecule has 1 aliphatic heterocycles. The van der Waals surface area contributed by atoms with E-state index in [9.17, 15) is 19.2 Å². The molecule has 2 aromatic carbocycles. The maximum atomic E-state index is 12.4. The van der Waals surface area contributed by atoms with Gasteiger partial charge in [0.25, 0.3) is 0 Å². The van der Waals surface area contributed by atoms with Crippen molar-refractivity contribution in [3.63, 3.8) is 0 Å². The van der Waals surface area contributed by atoms with Gasteiger partial charge in [0.05, 0.1) is 6.42 Å². The number of nitrogens with one attached hydrogen (secondary N) is 1. The summed E-state index contributed by atoms with van der Waals surface area (Å²) in [7, 11) is 1.72. The van der Waals surface area contributed by atoms with Gasteiger partial charge in [-0.3, -0.25) is 19.2 Å². The molecule has 29 heavy (non-hydrogen) atoms. The molecule has 0 spiro atoms. The van der Waals surface area contributed by atoms with Crippen molar-refractivity contribution in [2.45, 2.75) is 32.6 Å². The molecule has 6 nitrogen and oxygen atoms in total. The summed E-state index contributed by atoms with van der Waals surface area (Å²) in [5.41, 5.74) is 3.89. The van der Waals surface area contributed by atoms with Crippen LogP contribution in [0.4, 0.5) is 5.69 Å². The van der Waals surface area contributed by atoms with E-state index in [0.717, 1.165) is 16.8 Å². The Bertz CT molecular complexity index is 963. The highest BCUT2D eigenvalue weighted by Crippen LogP contribution is 2.28. The van der Waals surface area contributed by atoms with Crippen LogP contribution in [0.1, 0.15) is 51.1 Å². The first-order valence-electron chi connectivity index (χ1n) is 9.64. The average Bonchev–Trinajstić information content (AvgIpc) is 2.99. The molecular formula is C23H24N2O4. The SMILES string of the molecule is Cc1ccc(C(=O)CCC(=O)NCCC(=O)c2ccc3c(c2)CC(=O)N3C)cc1. The predicted octanol–water partition coefficient (Wildman–Crippen LogP) is 2.87. The zero-order valence-corrected chi connectivity index (χ0v) is 16.7. The fourth-order valence-corrected chi connectivity index (χ4v) is 3.30. The average molecular weight is 392 g/mol. The molecule has 0 fully saturated rings. The molecule has 2 amide bonds. The Morgan fingerprint density at radius 1 is 0.931 bits per heavy atom. The molecular weight excluding hydrogens is 368 g/mol. The number of hydrogen-bond donors (Lipinski definition) is 1.